The molecule has 192 valence electrons. The number of benzene rings is 2. The number of hydrogen-bond acceptors (Lipinski definition) is 4. The second kappa shape index (κ2) is 11.6. The van der Waals surface area contributed by atoms with Crippen molar-refractivity contribution >= 4 is 5.97 Å². The van der Waals surface area contributed by atoms with Gasteiger partial charge in [0.1, 0.15) is 5.60 Å². The van der Waals surface area contributed by atoms with E-state index in [1.807, 2.05) is 20.8 Å². The maximum Gasteiger partial charge on any atom is 0.306 e. The van der Waals surface area contributed by atoms with Crippen LogP contribution in [0.3, 0.4) is 0 Å². The molecule has 1 aliphatic heterocycles. The highest BCUT2D eigenvalue weighted by Gasteiger charge is 2.50. The fraction of sp³-hybridized carbons (Fsp3) is 0.469. The van der Waals surface area contributed by atoms with Crippen molar-refractivity contribution in [3.8, 4) is 0 Å². The van der Waals surface area contributed by atoms with Crippen LogP contribution in [0.5, 0.6) is 0 Å². The van der Waals surface area contributed by atoms with E-state index in [0.717, 1.165) is 32.5 Å². The Balaban J connectivity index is 1.74. The molecule has 0 saturated carbocycles. The standard InChI is InChI=1S/C32H42N2O2/c1-25(27-15-9-6-10-16-27)34(24-26-13-7-5-8-14-26)32(29-20-22-33-23-29)21-12-11-17-28(32)18-19-30(35)36-31(2,3)4/h5-17,21,25,28-29,33H,18-20,22-24H2,1-4H3/t25-,28?,29?,32+/m1/s1. The van der Waals surface area contributed by atoms with Crippen LogP contribution in [-0.2, 0) is 16.1 Å². The molecule has 0 spiro atoms. The topological polar surface area (TPSA) is 41.6 Å². The van der Waals surface area contributed by atoms with Crippen molar-refractivity contribution in [3.63, 3.8) is 0 Å². The average Bonchev–Trinajstić information content (AvgIpc) is 3.42. The van der Waals surface area contributed by atoms with Crippen molar-refractivity contribution in [2.75, 3.05) is 13.1 Å². The summed E-state index contributed by atoms with van der Waals surface area (Å²) in [7, 11) is 0. The number of esters is 1. The van der Waals surface area contributed by atoms with Crippen molar-refractivity contribution in [3.05, 3.63) is 96.1 Å². The van der Waals surface area contributed by atoms with E-state index in [9.17, 15) is 4.79 Å². The van der Waals surface area contributed by atoms with Crippen LogP contribution in [0.25, 0.3) is 0 Å². The second-order valence-electron chi connectivity index (χ2n) is 11.3. The van der Waals surface area contributed by atoms with Crippen molar-refractivity contribution < 1.29 is 9.53 Å². The number of carbonyl (C=O) groups is 1. The maximum atomic E-state index is 12.8. The van der Waals surface area contributed by atoms with Crippen molar-refractivity contribution in [1.29, 1.82) is 0 Å². The number of rotatable bonds is 9. The summed E-state index contributed by atoms with van der Waals surface area (Å²) >= 11 is 0. The zero-order valence-electron chi connectivity index (χ0n) is 22.3. The Hall–Kier alpha value is -2.69. The molecule has 4 nitrogen and oxygen atoms in total. The number of nitrogens with one attached hydrogen (secondary N) is 1. The summed E-state index contributed by atoms with van der Waals surface area (Å²) in [6.45, 7) is 11.0. The van der Waals surface area contributed by atoms with E-state index in [2.05, 4.69) is 102 Å². The molecular weight excluding hydrogens is 444 g/mol. The minimum Gasteiger partial charge on any atom is -0.460 e. The van der Waals surface area contributed by atoms with Crippen LogP contribution < -0.4 is 5.32 Å². The summed E-state index contributed by atoms with van der Waals surface area (Å²) in [5.41, 5.74) is 1.94. The molecule has 0 bridgehead atoms. The van der Waals surface area contributed by atoms with Gasteiger partial charge in [-0.1, -0.05) is 85.0 Å². The van der Waals surface area contributed by atoms with Crippen molar-refractivity contribution in [2.24, 2.45) is 11.8 Å². The quantitative estimate of drug-likeness (QED) is 0.413. The van der Waals surface area contributed by atoms with Gasteiger partial charge in [-0.2, -0.15) is 0 Å². The molecule has 36 heavy (non-hydrogen) atoms. The van der Waals surface area contributed by atoms with Gasteiger partial charge < -0.3 is 10.1 Å². The van der Waals surface area contributed by atoms with E-state index in [4.69, 9.17) is 4.74 Å². The van der Waals surface area contributed by atoms with E-state index in [-0.39, 0.29) is 23.5 Å². The third-order valence-electron chi connectivity index (χ3n) is 7.65. The first kappa shape index (κ1) is 26.4. The monoisotopic (exact) mass is 486 g/mol. The molecule has 0 radical (unpaired) electrons. The molecule has 1 aliphatic carbocycles. The van der Waals surface area contributed by atoms with Gasteiger partial charge in [0.25, 0.3) is 0 Å². The average molecular weight is 487 g/mol. The molecule has 2 aromatic carbocycles. The number of nitrogens with zero attached hydrogens (tertiary/aromatic N) is 1. The molecule has 2 aromatic rings. The molecule has 0 aromatic heterocycles. The van der Waals surface area contributed by atoms with E-state index in [1.165, 1.54) is 11.1 Å². The minimum atomic E-state index is -0.465. The lowest BCUT2D eigenvalue weighted by Gasteiger charge is -2.53. The lowest BCUT2D eigenvalue weighted by molar-refractivity contribution is -0.155. The van der Waals surface area contributed by atoms with Gasteiger partial charge in [-0.05, 0) is 64.1 Å². The van der Waals surface area contributed by atoms with Crippen LogP contribution in [0.1, 0.15) is 64.1 Å². The summed E-state index contributed by atoms with van der Waals surface area (Å²) in [6, 6.07) is 21.8. The normalized spacial score (nSPS) is 24.7. The van der Waals surface area contributed by atoms with Gasteiger partial charge in [0.15, 0.2) is 0 Å². The molecule has 4 rings (SSSR count). The van der Waals surface area contributed by atoms with Gasteiger partial charge in [-0.25, -0.2) is 0 Å². The highest BCUT2D eigenvalue weighted by Crippen LogP contribution is 2.47. The SMILES string of the molecule is C[C@H](c1ccccc1)N(Cc1ccccc1)[C@@]1(C2CCNC2)C=CC=CC1CCC(=O)OC(C)(C)C. The molecule has 2 aliphatic rings. The molecule has 1 N–H and O–H groups in total. The molecule has 2 unspecified atom stereocenters. The Bertz CT molecular complexity index is 1030. The maximum absolute atomic E-state index is 12.8. The minimum absolute atomic E-state index is 0.116. The Kier molecular flexibility index (Phi) is 8.48. The van der Waals surface area contributed by atoms with Crippen LogP contribution in [0, 0.1) is 11.8 Å². The summed E-state index contributed by atoms with van der Waals surface area (Å²) < 4.78 is 5.69. The van der Waals surface area contributed by atoms with Gasteiger partial charge in [0.2, 0.25) is 0 Å². The van der Waals surface area contributed by atoms with Crippen LogP contribution in [0.15, 0.2) is 85.0 Å². The highest BCUT2D eigenvalue weighted by atomic mass is 16.6. The van der Waals surface area contributed by atoms with Gasteiger partial charge in [-0.3, -0.25) is 9.69 Å². The Morgan fingerprint density at radius 3 is 2.42 bits per heavy atom. The fourth-order valence-electron chi connectivity index (χ4n) is 6.01. The Labute approximate surface area is 217 Å². The van der Waals surface area contributed by atoms with Gasteiger partial charge in [-0.15, -0.1) is 0 Å². The van der Waals surface area contributed by atoms with Crippen LogP contribution >= 0.6 is 0 Å². The van der Waals surface area contributed by atoms with Crippen LogP contribution in [0.4, 0.5) is 0 Å². The number of carbonyl (C=O) groups excluding carboxylic acids is 1. The van der Waals surface area contributed by atoms with Gasteiger partial charge >= 0.3 is 5.97 Å². The predicted molar refractivity (Wildman–Crippen MR) is 147 cm³/mol. The molecule has 1 heterocycles. The third-order valence-corrected chi connectivity index (χ3v) is 7.65. The summed E-state index contributed by atoms with van der Waals surface area (Å²) in [4.78, 5) is 15.5. The van der Waals surface area contributed by atoms with Crippen molar-refractivity contribution in [1.82, 2.24) is 10.2 Å². The Morgan fingerprint density at radius 2 is 1.78 bits per heavy atom. The van der Waals surface area contributed by atoms with E-state index < -0.39 is 5.60 Å². The van der Waals surface area contributed by atoms with E-state index >= 15 is 0 Å². The fourth-order valence-corrected chi connectivity index (χ4v) is 6.01. The molecule has 4 heteroatoms. The number of allylic oxidation sites excluding steroid dienone is 2. The number of hydrogen-bond donors (Lipinski definition) is 1. The first-order chi connectivity index (χ1) is 17.3. The first-order valence-electron chi connectivity index (χ1n) is 13.4. The Morgan fingerprint density at radius 1 is 1.08 bits per heavy atom. The summed E-state index contributed by atoms with van der Waals surface area (Å²) in [5.74, 6) is 0.529. The predicted octanol–water partition coefficient (Wildman–Crippen LogP) is 6.46. The van der Waals surface area contributed by atoms with Crippen molar-refractivity contribution in [2.45, 2.75) is 70.7 Å². The first-order valence-corrected chi connectivity index (χ1v) is 13.4. The van der Waals surface area contributed by atoms with E-state index in [1.54, 1.807) is 0 Å². The largest absolute Gasteiger partial charge is 0.460 e. The zero-order valence-corrected chi connectivity index (χ0v) is 22.3. The smallest absolute Gasteiger partial charge is 0.306 e. The molecule has 1 saturated heterocycles. The highest BCUT2D eigenvalue weighted by molar-refractivity contribution is 5.69. The zero-order chi connectivity index (χ0) is 25.6. The van der Waals surface area contributed by atoms with Crippen LogP contribution in [-0.4, -0.2) is 35.1 Å². The van der Waals surface area contributed by atoms with Crippen LogP contribution in [0.2, 0.25) is 0 Å². The number of ether oxygens (including phenoxy) is 1. The molecule has 4 atom stereocenters. The summed E-state index contributed by atoms with van der Waals surface area (Å²) in [6.07, 6.45) is 11.4. The van der Waals surface area contributed by atoms with Gasteiger partial charge in [0.05, 0.1) is 5.54 Å². The molecule has 1 fully saturated rings. The lowest BCUT2D eigenvalue weighted by Crippen LogP contribution is -2.58. The third kappa shape index (κ3) is 6.16. The lowest BCUT2D eigenvalue weighted by atomic mass is 9.67. The second-order valence-corrected chi connectivity index (χ2v) is 11.3. The summed E-state index contributed by atoms with van der Waals surface area (Å²) in [5, 5.41) is 3.63. The molecule has 0 amide bonds. The van der Waals surface area contributed by atoms with Gasteiger partial charge in [0, 0.05) is 31.5 Å². The van der Waals surface area contributed by atoms with E-state index in [0.29, 0.717) is 12.3 Å². The molecular formula is C32H42N2O2.